The molecule has 3 heterocycles. The molecule has 2 aliphatic heterocycles. The van der Waals surface area contributed by atoms with Gasteiger partial charge in [0, 0.05) is 25.2 Å². The Kier molecular flexibility index (Phi) is 4.86. The molecule has 0 unspecified atom stereocenters. The molecule has 0 saturated carbocycles. The van der Waals surface area contributed by atoms with E-state index in [9.17, 15) is 18.0 Å². The van der Waals surface area contributed by atoms with E-state index < -0.39 is 21.9 Å². The predicted molar refractivity (Wildman–Crippen MR) is 91.9 cm³/mol. The van der Waals surface area contributed by atoms with Crippen molar-refractivity contribution in [2.75, 3.05) is 24.6 Å². The van der Waals surface area contributed by atoms with Crippen LogP contribution < -0.4 is 0 Å². The first-order chi connectivity index (χ1) is 11.9. The molecule has 25 heavy (non-hydrogen) atoms. The Labute approximate surface area is 147 Å². The van der Waals surface area contributed by atoms with E-state index in [1.165, 1.54) is 0 Å². The molecule has 0 aromatic carbocycles. The maximum Gasteiger partial charge on any atom is 0.274 e. The zero-order chi connectivity index (χ0) is 18.2. The van der Waals surface area contributed by atoms with Gasteiger partial charge in [-0.1, -0.05) is 20.3 Å². The number of aromatic amines is 1. The lowest BCUT2D eigenvalue weighted by atomic mass is 10.0. The Morgan fingerprint density at radius 3 is 2.48 bits per heavy atom. The van der Waals surface area contributed by atoms with E-state index in [0.717, 1.165) is 18.5 Å². The van der Waals surface area contributed by atoms with Gasteiger partial charge in [0.2, 0.25) is 5.91 Å². The Balaban J connectivity index is 1.84. The molecule has 0 aliphatic carbocycles. The number of amides is 2. The number of aromatic nitrogens is 2. The number of hydrogen-bond donors (Lipinski definition) is 1. The number of H-pyrrole nitrogens is 1. The highest BCUT2D eigenvalue weighted by Gasteiger charge is 2.49. The fourth-order valence-electron chi connectivity index (χ4n) is 3.73. The van der Waals surface area contributed by atoms with Gasteiger partial charge in [-0.25, -0.2) is 8.42 Å². The molecule has 1 aromatic heterocycles. The van der Waals surface area contributed by atoms with Crippen molar-refractivity contribution in [3.8, 4) is 0 Å². The second-order valence-corrected chi connectivity index (χ2v) is 8.83. The van der Waals surface area contributed by atoms with Crippen LogP contribution in [0, 0.1) is 0 Å². The van der Waals surface area contributed by atoms with E-state index >= 15 is 0 Å². The molecule has 9 heteroatoms. The fraction of sp³-hybridized carbons (Fsp3) is 0.688. The Morgan fingerprint density at radius 1 is 1.20 bits per heavy atom. The summed E-state index contributed by atoms with van der Waals surface area (Å²) >= 11 is 0. The van der Waals surface area contributed by atoms with E-state index in [2.05, 4.69) is 10.2 Å². The van der Waals surface area contributed by atoms with Gasteiger partial charge in [-0.05, 0) is 12.5 Å². The molecule has 0 bridgehead atoms. The summed E-state index contributed by atoms with van der Waals surface area (Å²) in [6, 6.07) is 0.783. The number of sulfone groups is 1. The van der Waals surface area contributed by atoms with E-state index in [1.54, 1.807) is 22.8 Å². The van der Waals surface area contributed by atoms with Gasteiger partial charge in [0.15, 0.2) is 9.84 Å². The van der Waals surface area contributed by atoms with Crippen molar-refractivity contribution in [2.45, 2.75) is 45.2 Å². The Bertz CT molecular complexity index is 773. The van der Waals surface area contributed by atoms with Crippen LogP contribution in [0.4, 0.5) is 0 Å². The summed E-state index contributed by atoms with van der Waals surface area (Å²) in [6.45, 7) is 4.50. The first kappa shape index (κ1) is 17.9. The number of piperazine rings is 1. The molecule has 0 radical (unpaired) electrons. The van der Waals surface area contributed by atoms with Gasteiger partial charge in [-0.3, -0.25) is 14.7 Å². The van der Waals surface area contributed by atoms with Gasteiger partial charge in [-0.15, -0.1) is 0 Å². The summed E-state index contributed by atoms with van der Waals surface area (Å²) in [6.07, 6.45) is 2.08. The summed E-state index contributed by atoms with van der Waals surface area (Å²) in [5, 5.41) is 6.94. The van der Waals surface area contributed by atoms with E-state index in [0.29, 0.717) is 25.2 Å². The van der Waals surface area contributed by atoms with Crippen molar-refractivity contribution in [3.63, 3.8) is 0 Å². The molecule has 1 aromatic rings. The number of nitrogens with one attached hydrogen (secondary N) is 1. The molecule has 0 spiro atoms. The average Bonchev–Trinajstić information content (AvgIpc) is 3.15. The number of aryl methyl sites for hydroxylation is 1. The Morgan fingerprint density at radius 2 is 1.84 bits per heavy atom. The van der Waals surface area contributed by atoms with Gasteiger partial charge in [0.25, 0.3) is 5.91 Å². The van der Waals surface area contributed by atoms with Crippen molar-refractivity contribution < 1.29 is 18.0 Å². The van der Waals surface area contributed by atoms with Gasteiger partial charge in [-0.2, -0.15) is 5.10 Å². The highest BCUT2D eigenvalue weighted by Crippen LogP contribution is 2.28. The number of carbonyl (C=O) groups is 2. The van der Waals surface area contributed by atoms with Crippen LogP contribution in [0.15, 0.2) is 6.07 Å². The van der Waals surface area contributed by atoms with Crippen LogP contribution in [-0.2, 0) is 21.1 Å². The second-order valence-electron chi connectivity index (χ2n) is 6.68. The minimum atomic E-state index is -3.27. The van der Waals surface area contributed by atoms with Crippen LogP contribution >= 0.6 is 0 Å². The summed E-state index contributed by atoms with van der Waals surface area (Å²) in [5.74, 6) is -0.503. The molecule has 1 N–H and O–H groups in total. The van der Waals surface area contributed by atoms with E-state index in [4.69, 9.17) is 0 Å². The largest absolute Gasteiger partial charge is 0.335 e. The van der Waals surface area contributed by atoms with Crippen LogP contribution in [0.3, 0.4) is 0 Å². The van der Waals surface area contributed by atoms with Crippen LogP contribution in [0.5, 0.6) is 0 Å². The fourth-order valence-corrected chi connectivity index (χ4v) is 5.71. The number of fused-ring (bicyclic) bond motifs is 1. The van der Waals surface area contributed by atoms with Crippen molar-refractivity contribution >= 4 is 21.7 Å². The minimum absolute atomic E-state index is 0.0656. The maximum absolute atomic E-state index is 12.9. The molecule has 138 valence electrons. The highest BCUT2D eigenvalue weighted by molar-refractivity contribution is 7.91. The second kappa shape index (κ2) is 6.78. The molecular weight excluding hydrogens is 344 g/mol. The average molecular weight is 368 g/mol. The first-order valence-corrected chi connectivity index (χ1v) is 10.5. The standard InChI is InChI=1S/C16H24N4O4S/c1-3-5-11-8-12(18-17-11)16(22)20-7-6-19(15(21)4-2)13-9-25(23,24)10-14(13)20/h8,13-14H,3-7,9-10H2,1-2H3,(H,17,18)/t13-,14+/m1/s1. The highest BCUT2D eigenvalue weighted by atomic mass is 32.2. The lowest BCUT2D eigenvalue weighted by Crippen LogP contribution is -2.61. The third-order valence-electron chi connectivity index (χ3n) is 4.93. The summed E-state index contributed by atoms with van der Waals surface area (Å²) < 4.78 is 24.3. The van der Waals surface area contributed by atoms with Crippen LogP contribution in [0.2, 0.25) is 0 Å². The van der Waals surface area contributed by atoms with Gasteiger partial charge in [0.05, 0.1) is 23.6 Å². The van der Waals surface area contributed by atoms with Crippen molar-refractivity contribution in [1.82, 2.24) is 20.0 Å². The lowest BCUT2D eigenvalue weighted by Gasteiger charge is -2.43. The molecule has 3 rings (SSSR count). The van der Waals surface area contributed by atoms with Crippen LogP contribution in [0.1, 0.15) is 42.9 Å². The summed E-state index contributed by atoms with van der Waals surface area (Å²) in [4.78, 5) is 28.2. The first-order valence-electron chi connectivity index (χ1n) is 8.71. The molecular formula is C16H24N4O4S. The molecule has 2 amide bonds. The quantitative estimate of drug-likeness (QED) is 0.819. The van der Waals surface area contributed by atoms with Crippen molar-refractivity contribution in [1.29, 1.82) is 0 Å². The van der Waals surface area contributed by atoms with E-state index in [1.807, 2.05) is 6.92 Å². The monoisotopic (exact) mass is 368 g/mol. The van der Waals surface area contributed by atoms with Gasteiger partial charge >= 0.3 is 0 Å². The van der Waals surface area contributed by atoms with Crippen molar-refractivity contribution in [3.05, 3.63) is 17.5 Å². The summed E-state index contributed by atoms with van der Waals surface area (Å²) in [7, 11) is -3.27. The van der Waals surface area contributed by atoms with Crippen LogP contribution in [0.25, 0.3) is 0 Å². The van der Waals surface area contributed by atoms with Gasteiger partial charge in [0.1, 0.15) is 5.69 Å². The molecule has 2 fully saturated rings. The van der Waals surface area contributed by atoms with Gasteiger partial charge < -0.3 is 9.80 Å². The normalized spacial score (nSPS) is 25.0. The third-order valence-corrected chi connectivity index (χ3v) is 6.63. The van der Waals surface area contributed by atoms with Crippen molar-refractivity contribution in [2.24, 2.45) is 0 Å². The molecule has 2 aliphatic rings. The number of hydrogen-bond acceptors (Lipinski definition) is 5. The number of nitrogens with zero attached hydrogens (tertiary/aromatic N) is 3. The zero-order valence-electron chi connectivity index (χ0n) is 14.6. The van der Waals surface area contributed by atoms with Crippen LogP contribution in [-0.4, -0.2) is 76.9 Å². The SMILES string of the molecule is CCCc1cc(C(=O)N2CCN(C(=O)CC)[C@@H]3CS(=O)(=O)C[C@@H]32)n[nH]1. The van der Waals surface area contributed by atoms with E-state index in [-0.39, 0.29) is 23.3 Å². The number of carbonyl (C=O) groups excluding carboxylic acids is 2. The zero-order valence-corrected chi connectivity index (χ0v) is 15.4. The lowest BCUT2D eigenvalue weighted by molar-refractivity contribution is -0.135. The maximum atomic E-state index is 12.9. The third kappa shape index (κ3) is 3.42. The topological polar surface area (TPSA) is 103 Å². The summed E-state index contributed by atoms with van der Waals surface area (Å²) in [5.41, 5.74) is 1.20. The number of rotatable bonds is 4. The Hall–Kier alpha value is -1.90. The molecule has 2 saturated heterocycles. The molecule has 2 atom stereocenters. The predicted octanol–water partition coefficient (Wildman–Crippen LogP) is 0.222. The minimum Gasteiger partial charge on any atom is -0.335 e. The smallest absolute Gasteiger partial charge is 0.274 e. The molecule has 8 nitrogen and oxygen atoms in total.